The van der Waals surface area contributed by atoms with Gasteiger partial charge in [-0.3, -0.25) is 0 Å². The van der Waals surface area contributed by atoms with Crippen LogP contribution in [0.3, 0.4) is 0 Å². The quantitative estimate of drug-likeness (QED) is 0.829. The van der Waals surface area contributed by atoms with E-state index < -0.39 is 12.2 Å². The summed E-state index contributed by atoms with van der Waals surface area (Å²) in [5.74, 6) is 0.0257. The molecule has 4 atom stereocenters. The molecule has 5 heteroatoms. The fourth-order valence-electron chi connectivity index (χ4n) is 3.77. The molecule has 1 heterocycles. The van der Waals surface area contributed by atoms with Crippen LogP contribution in [0.2, 0.25) is 0 Å². The first-order chi connectivity index (χ1) is 9.56. The van der Waals surface area contributed by atoms with Crippen molar-refractivity contribution >= 4 is 6.09 Å². The molecule has 3 rings (SSSR count). The molecule has 2 unspecified atom stereocenters. The molecule has 2 N–H and O–H groups in total. The highest BCUT2D eigenvalue weighted by atomic mass is 19.1. The van der Waals surface area contributed by atoms with Gasteiger partial charge in [-0.15, -0.1) is 0 Å². The fourth-order valence-corrected chi connectivity index (χ4v) is 3.77. The van der Waals surface area contributed by atoms with Gasteiger partial charge in [-0.05, 0) is 42.4 Å². The van der Waals surface area contributed by atoms with E-state index in [4.69, 9.17) is 5.11 Å². The standard InChI is InChI=1S/C15H18FNO3/c16-11-4-1-9(2-5-11)14-12-8-17(15(19)20)7-10(12)3-6-13(14)18/h1-2,4-5,10,12-14,18H,3,6-8H2,(H,19,20)/t10-,12+,13?,14?/m1/s1. The number of halogens is 1. The maximum Gasteiger partial charge on any atom is 0.407 e. The smallest absolute Gasteiger partial charge is 0.407 e. The first kappa shape index (κ1) is 13.4. The predicted molar refractivity (Wildman–Crippen MR) is 71.0 cm³/mol. The number of benzene rings is 1. The molecule has 0 bridgehead atoms. The van der Waals surface area contributed by atoms with Crippen LogP contribution in [0.25, 0.3) is 0 Å². The van der Waals surface area contributed by atoms with E-state index in [-0.39, 0.29) is 17.7 Å². The summed E-state index contributed by atoms with van der Waals surface area (Å²) in [6.07, 6.45) is 0.159. The van der Waals surface area contributed by atoms with E-state index in [1.165, 1.54) is 17.0 Å². The van der Waals surface area contributed by atoms with Crippen molar-refractivity contribution in [2.45, 2.75) is 24.9 Å². The summed E-state index contributed by atoms with van der Waals surface area (Å²) in [5.41, 5.74) is 0.904. The Hall–Kier alpha value is -1.62. The number of rotatable bonds is 1. The predicted octanol–water partition coefficient (Wildman–Crippen LogP) is 2.29. The molecule has 1 saturated carbocycles. The van der Waals surface area contributed by atoms with Crippen molar-refractivity contribution in [1.29, 1.82) is 0 Å². The number of hydrogen-bond donors (Lipinski definition) is 2. The zero-order chi connectivity index (χ0) is 14.3. The number of aliphatic hydroxyl groups excluding tert-OH is 1. The van der Waals surface area contributed by atoms with E-state index in [0.717, 1.165) is 12.0 Å². The van der Waals surface area contributed by atoms with E-state index in [0.29, 0.717) is 25.4 Å². The van der Waals surface area contributed by atoms with E-state index in [2.05, 4.69) is 0 Å². The molecular weight excluding hydrogens is 261 g/mol. The third-order valence-electron chi connectivity index (χ3n) is 4.73. The number of carboxylic acid groups (broad SMARTS) is 1. The van der Waals surface area contributed by atoms with Gasteiger partial charge in [0.1, 0.15) is 5.82 Å². The minimum absolute atomic E-state index is 0.0984. The summed E-state index contributed by atoms with van der Waals surface area (Å²) in [6, 6.07) is 6.20. The fraction of sp³-hybridized carbons (Fsp3) is 0.533. The molecule has 0 spiro atoms. The number of fused-ring (bicyclic) bond motifs is 1. The highest BCUT2D eigenvalue weighted by Gasteiger charge is 2.45. The summed E-state index contributed by atoms with van der Waals surface area (Å²) >= 11 is 0. The Morgan fingerprint density at radius 1 is 1.20 bits per heavy atom. The van der Waals surface area contributed by atoms with E-state index in [1.54, 1.807) is 12.1 Å². The number of amides is 1. The van der Waals surface area contributed by atoms with Crippen molar-refractivity contribution in [3.05, 3.63) is 35.6 Å². The molecule has 2 fully saturated rings. The monoisotopic (exact) mass is 279 g/mol. The van der Waals surface area contributed by atoms with Gasteiger partial charge in [-0.1, -0.05) is 12.1 Å². The van der Waals surface area contributed by atoms with Crippen LogP contribution >= 0.6 is 0 Å². The molecule has 0 aromatic heterocycles. The second-order valence-corrected chi connectivity index (χ2v) is 5.83. The van der Waals surface area contributed by atoms with Crippen LogP contribution < -0.4 is 0 Å². The van der Waals surface area contributed by atoms with Crippen molar-refractivity contribution in [2.24, 2.45) is 11.8 Å². The zero-order valence-corrected chi connectivity index (χ0v) is 11.1. The number of aliphatic hydroxyl groups is 1. The lowest BCUT2D eigenvalue weighted by molar-refractivity contribution is 0.0590. The summed E-state index contributed by atoms with van der Waals surface area (Å²) in [7, 11) is 0. The van der Waals surface area contributed by atoms with Crippen molar-refractivity contribution in [3.63, 3.8) is 0 Å². The Balaban J connectivity index is 1.88. The lowest BCUT2D eigenvalue weighted by Crippen LogP contribution is -2.35. The topological polar surface area (TPSA) is 60.8 Å². The Morgan fingerprint density at radius 2 is 1.90 bits per heavy atom. The van der Waals surface area contributed by atoms with Gasteiger partial charge in [0.25, 0.3) is 0 Å². The molecule has 1 aliphatic heterocycles. The number of carbonyl (C=O) groups is 1. The molecular formula is C15H18FNO3. The summed E-state index contributed by atoms with van der Waals surface area (Å²) in [6.45, 7) is 1.00. The minimum Gasteiger partial charge on any atom is -0.465 e. The van der Waals surface area contributed by atoms with E-state index in [1.807, 2.05) is 0 Å². The van der Waals surface area contributed by atoms with Crippen LogP contribution in [0.5, 0.6) is 0 Å². The Kier molecular flexibility index (Phi) is 3.38. The minimum atomic E-state index is -0.897. The van der Waals surface area contributed by atoms with Crippen LogP contribution in [0.15, 0.2) is 24.3 Å². The summed E-state index contributed by atoms with van der Waals surface area (Å²) < 4.78 is 13.0. The Labute approximate surface area is 116 Å². The molecule has 1 amide bonds. The lowest BCUT2D eigenvalue weighted by atomic mass is 9.69. The molecule has 0 radical (unpaired) electrons. The largest absolute Gasteiger partial charge is 0.465 e. The maximum atomic E-state index is 13.0. The molecule has 1 saturated heterocycles. The van der Waals surface area contributed by atoms with Crippen molar-refractivity contribution < 1.29 is 19.4 Å². The molecule has 108 valence electrons. The van der Waals surface area contributed by atoms with Gasteiger partial charge in [0, 0.05) is 19.0 Å². The third-order valence-corrected chi connectivity index (χ3v) is 4.73. The van der Waals surface area contributed by atoms with E-state index in [9.17, 15) is 14.3 Å². The van der Waals surface area contributed by atoms with Gasteiger partial charge in [-0.25, -0.2) is 9.18 Å². The molecule has 20 heavy (non-hydrogen) atoms. The highest BCUT2D eigenvalue weighted by molar-refractivity contribution is 5.65. The molecule has 4 nitrogen and oxygen atoms in total. The number of hydrogen-bond acceptors (Lipinski definition) is 2. The van der Waals surface area contributed by atoms with Gasteiger partial charge in [0.15, 0.2) is 0 Å². The van der Waals surface area contributed by atoms with Gasteiger partial charge in [0.05, 0.1) is 6.10 Å². The first-order valence-electron chi connectivity index (χ1n) is 6.97. The van der Waals surface area contributed by atoms with Gasteiger partial charge < -0.3 is 15.1 Å². The van der Waals surface area contributed by atoms with Crippen molar-refractivity contribution in [1.82, 2.24) is 4.90 Å². The third kappa shape index (κ3) is 2.26. The molecule has 1 aliphatic carbocycles. The second kappa shape index (κ2) is 5.05. The van der Waals surface area contributed by atoms with Crippen LogP contribution in [-0.4, -0.2) is 40.4 Å². The SMILES string of the molecule is O=C(O)N1C[C@H]2CCC(O)C(c3ccc(F)cc3)[C@H]2C1. The van der Waals surface area contributed by atoms with E-state index >= 15 is 0 Å². The van der Waals surface area contributed by atoms with Crippen LogP contribution in [0.4, 0.5) is 9.18 Å². The average Bonchev–Trinajstić information content (AvgIpc) is 2.84. The Bertz CT molecular complexity index is 504. The van der Waals surface area contributed by atoms with Crippen molar-refractivity contribution in [2.75, 3.05) is 13.1 Å². The molecule has 1 aromatic rings. The number of likely N-dealkylation sites (tertiary alicyclic amines) is 1. The van der Waals surface area contributed by atoms with Gasteiger partial charge >= 0.3 is 6.09 Å². The normalized spacial score (nSPS) is 33.0. The van der Waals surface area contributed by atoms with Crippen LogP contribution in [0.1, 0.15) is 24.3 Å². The van der Waals surface area contributed by atoms with Gasteiger partial charge in [-0.2, -0.15) is 0 Å². The highest BCUT2D eigenvalue weighted by Crippen LogP contribution is 2.45. The maximum absolute atomic E-state index is 13.0. The number of nitrogens with zero attached hydrogens (tertiary/aromatic N) is 1. The molecule has 2 aliphatic rings. The summed E-state index contributed by atoms with van der Waals surface area (Å²) in [4.78, 5) is 12.6. The second-order valence-electron chi connectivity index (χ2n) is 5.83. The first-order valence-corrected chi connectivity index (χ1v) is 6.97. The van der Waals surface area contributed by atoms with Crippen LogP contribution in [-0.2, 0) is 0 Å². The van der Waals surface area contributed by atoms with Gasteiger partial charge in [0.2, 0.25) is 0 Å². The average molecular weight is 279 g/mol. The summed E-state index contributed by atoms with van der Waals surface area (Å²) in [5, 5.41) is 19.4. The zero-order valence-electron chi connectivity index (χ0n) is 11.1. The molecule has 1 aromatic carbocycles. The Morgan fingerprint density at radius 3 is 2.55 bits per heavy atom. The van der Waals surface area contributed by atoms with Crippen molar-refractivity contribution in [3.8, 4) is 0 Å². The van der Waals surface area contributed by atoms with Crippen LogP contribution in [0, 0.1) is 17.7 Å². The lowest BCUT2D eigenvalue weighted by Gasteiger charge is -2.37.